The minimum atomic E-state index is -3.47. The van der Waals surface area contributed by atoms with E-state index in [-0.39, 0.29) is 11.8 Å². The van der Waals surface area contributed by atoms with Gasteiger partial charge in [0.15, 0.2) is 5.82 Å². The van der Waals surface area contributed by atoms with Crippen molar-refractivity contribution < 1.29 is 8.42 Å². The number of nitrogens with one attached hydrogen (secondary N) is 2. The van der Waals surface area contributed by atoms with Gasteiger partial charge in [0.1, 0.15) is 11.7 Å². The lowest BCUT2D eigenvalue weighted by Gasteiger charge is -2.07. The first kappa shape index (κ1) is 13.1. The molecule has 0 aliphatic carbocycles. The number of nitrogens with two attached hydrogens (primary N) is 1. The zero-order chi connectivity index (χ0) is 14.2. The average Bonchev–Trinajstić information content (AvgIpc) is 2.62. The Bertz CT molecular complexity index is 787. The van der Waals surface area contributed by atoms with Gasteiger partial charge in [0.2, 0.25) is 16.0 Å². The van der Waals surface area contributed by atoms with Gasteiger partial charge in [-0.2, -0.15) is 15.2 Å². The maximum Gasteiger partial charge on any atom is 0.225 e. The Hall–Kier alpha value is -2.38. The number of fused-ring (bicyclic) bond motifs is 1. The van der Waals surface area contributed by atoms with Gasteiger partial charge in [0.05, 0.1) is 17.2 Å². The molecule has 0 bridgehead atoms. The Labute approximate surface area is 109 Å². The molecule has 0 saturated carbocycles. The van der Waals surface area contributed by atoms with Crippen molar-refractivity contribution in [2.24, 2.45) is 7.05 Å². The monoisotopic (exact) mass is 281 g/mol. The Morgan fingerprint density at radius 3 is 2.74 bits per heavy atom. The third-order valence-corrected chi connectivity index (χ3v) is 2.78. The molecule has 0 aliphatic heterocycles. The number of sulfonamides is 1. The van der Waals surface area contributed by atoms with E-state index in [1.54, 1.807) is 17.8 Å². The molecule has 2 aromatic rings. The molecule has 100 valence electrons. The van der Waals surface area contributed by atoms with E-state index in [4.69, 9.17) is 11.0 Å². The van der Waals surface area contributed by atoms with Gasteiger partial charge < -0.3 is 10.3 Å². The van der Waals surface area contributed by atoms with Crippen LogP contribution in [-0.4, -0.2) is 29.2 Å². The van der Waals surface area contributed by atoms with E-state index < -0.39 is 10.0 Å². The van der Waals surface area contributed by atoms with Gasteiger partial charge in [-0.15, -0.1) is 4.83 Å². The van der Waals surface area contributed by atoms with Crippen molar-refractivity contribution in [1.82, 2.24) is 19.4 Å². The second-order valence-electron chi connectivity index (χ2n) is 3.89. The molecule has 2 aromatic heterocycles. The van der Waals surface area contributed by atoms with Crippen LogP contribution >= 0.6 is 0 Å². The van der Waals surface area contributed by atoms with E-state index in [0.717, 1.165) is 6.26 Å². The number of nitrogens with zero attached hydrogens (tertiary/aromatic N) is 4. The van der Waals surface area contributed by atoms with Crippen LogP contribution in [0.1, 0.15) is 5.56 Å². The summed E-state index contributed by atoms with van der Waals surface area (Å²) >= 11 is 0. The van der Waals surface area contributed by atoms with E-state index in [1.807, 2.05) is 6.07 Å². The minimum Gasteiger partial charge on any atom is -0.368 e. The van der Waals surface area contributed by atoms with Crippen LogP contribution in [0.25, 0.3) is 11.0 Å². The molecule has 0 atom stereocenters. The Morgan fingerprint density at radius 2 is 2.16 bits per heavy atom. The molecule has 0 amide bonds. The van der Waals surface area contributed by atoms with Crippen LogP contribution < -0.4 is 16.0 Å². The highest BCUT2D eigenvalue weighted by Gasteiger charge is 2.15. The third kappa shape index (κ3) is 2.56. The van der Waals surface area contributed by atoms with Crippen molar-refractivity contribution in [3.8, 4) is 6.07 Å². The normalized spacial score (nSPS) is 11.4. The Balaban J connectivity index is 2.62. The van der Waals surface area contributed by atoms with E-state index in [0.29, 0.717) is 16.6 Å². The predicted octanol–water partition coefficient (Wildman–Crippen LogP) is -0.702. The molecule has 0 radical (unpaired) electrons. The van der Waals surface area contributed by atoms with E-state index in [9.17, 15) is 8.42 Å². The number of hydrogen-bond acceptors (Lipinski definition) is 7. The number of rotatable bonds is 3. The molecule has 0 fully saturated rings. The number of hydrazine groups is 1. The summed E-state index contributed by atoms with van der Waals surface area (Å²) in [6, 6.07) is 1.99. The quantitative estimate of drug-likeness (QED) is 0.632. The predicted molar refractivity (Wildman–Crippen MR) is 69.2 cm³/mol. The molecule has 10 heteroatoms. The SMILES string of the molecule is Cn1cc(C#N)c2c(NNS(C)(=O)=O)nc(N)nc21. The zero-order valence-corrected chi connectivity index (χ0v) is 11.0. The first-order valence-electron chi connectivity index (χ1n) is 5.07. The Kier molecular flexibility index (Phi) is 3.01. The molecule has 0 saturated heterocycles. The lowest BCUT2D eigenvalue weighted by Crippen LogP contribution is -2.29. The summed E-state index contributed by atoms with van der Waals surface area (Å²) in [7, 11) is -1.77. The van der Waals surface area contributed by atoms with Crippen LogP contribution in [0.4, 0.5) is 11.8 Å². The second kappa shape index (κ2) is 4.38. The van der Waals surface area contributed by atoms with Crippen molar-refractivity contribution in [3.05, 3.63) is 11.8 Å². The summed E-state index contributed by atoms with van der Waals surface area (Å²) in [5.74, 6) is 0.0982. The van der Waals surface area contributed by atoms with Crippen LogP contribution in [0.5, 0.6) is 0 Å². The van der Waals surface area contributed by atoms with Gasteiger partial charge in [0, 0.05) is 13.2 Å². The van der Waals surface area contributed by atoms with Crippen LogP contribution in [0.2, 0.25) is 0 Å². The maximum absolute atomic E-state index is 11.1. The molecular weight excluding hydrogens is 270 g/mol. The van der Waals surface area contributed by atoms with Gasteiger partial charge in [-0.1, -0.05) is 0 Å². The fraction of sp³-hybridized carbons (Fsp3) is 0.222. The van der Waals surface area contributed by atoms with Crippen molar-refractivity contribution in [2.75, 3.05) is 17.4 Å². The number of anilines is 2. The molecule has 0 spiro atoms. The molecular formula is C9H11N7O2S. The number of nitriles is 1. The summed E-state index contributed by atoms with van der Waals surface area (Å²) in [6.07, 6.45) is 2.54. The molecule has 2 heterocycles. The highest BCUT2D eigenvalue weighted by atomic mass is 32.2. The smallest absolute Gasteiger partial charge is 0.225 e. The second-order valence-corrected chi connectivity index (χ2v) is 5.64. The van der Waals surface area contributed by atoms with Crippen molar-refractivity contribution in [3.63, 3.8) is 0 Å². The summed E-state index contributed by atoms with van der Waals surface area (Å²) < 4.78 is 23.7. The highest BCUT2D eigenvalue weighted by molar-refractivity contribution is 7.88. The topological polar surface area (TPSA) is 139 Å². The van der Waals surface area contributed by atoms with Crippen LogP contribution in [-0.2, 0) is 17.1 Å². The minimum absolute atomic E-state index is 0.0315. The third-order valence-electron chi connectivity index (χ3n) is 2.31. The molecule has 9 nitrogen and oxygen atoms in total. The highest BCUT2D eigenvalue weighted by Crippen LogP contribution is 2.25. The van der Waals surface area contributed by atoms with Gasteiger partial charge in [-0.25, -0.2) is 8.42 Å². The fourth-order valence-electron chi connectivity index (χ4n) is 1.60. The fourth-order valence-corrected chi connectivity index (χ4v) is 1.89. The zero-order valence-electron chi connectivity index (χ0n) is 10.2. The first-order valence-corrected chi connectivity index (χ1v) is 6.96. The molecule has 4 N–H and O–H groups in total. The number of nitrogen functional groups attached to an aromatic ring is 1. The van der Waals surface area contributed by atoms with Crippen molar-refractivity contribution in [1.29, 1.82) is 5.26 Å². The largest absolute Gasteiger partial charge is 0.368 e. The summed E-state index contributed by atoms with van der Waals surface area (Å²) in [6.45, 7) is 0. The summed E-state index contributed by atoms with van der Waals surface area (Å²) in [5, 5.41) is 9.45. The van der Waals surface area contributed by atoms with E-state index in [2.05, 4.69) is 20.2 Å². The van der Waals surface area contributed by atoms with Gasteiger partial charge in [-0.05, 0) is 0 Å². The molecule has 0 aromatic carbocycles. The summed E-state index contributed by atoms with van der Waals surface area (Å²) in [4.78, 5) is 9.98. The Morgan fingerprint density at radius 1 is 1.47 bits per heavy atom. The lowest BCUT2D eigenvalue weighted by atomic mass is 10.2. The molecule has 19 heavy (non-hydrogen) atoms. The molecule has 2 rings (SSSR count). The number of aryl methyl sites for hydroxylation is 1. The van der Waals surface area contributed by atoms with E-state index >= 15 is 0 Å². The number of hydrogen-bond donors (Lipinski definition) is 3. The van der Waals surface area contributed by atoms with Crippen LogP contribution in [0.15, 0.2) is 6.20 Å². The van der Waals surface area contributed by atoms with Gasteiger partial charge in [-0.3, -0.25) is 5.43 Å². The van der Waals surface area contributed by atoms with Crippen LogP contribution in [0, 0.1) is 11.3 Å². The van der Waals surface area contributed by atoms with Crippen molar-refractivity contribution >= 4 is 32.8 Å². The van der Waals surface area contributed by atoms with E-state index in [1.165, 1.54) is 0 Å². The average molecular weight is 281 g/mol. The van der Waals surface area contributed by atoms with Gasteiger partial charge in [0.25, 0.3) is 0 Å². The van der Waals surface area contributed by atoms with Crippen LogP contribution in [0.3, 0.4) is 0 Å². The van der Waals surface area contributed by atoms with Gasteiger partial charge >= 0.3 is 0 Å². The maximum atomic E-state index is 11.1. The molecule has 0 aliphatic rings. The number of aromatic nitrogens is 3. The summed E-state index contributed by atoms with van der Waals surface area (Å²) in [5.41, 5.74) is 8.72. The first-order chi connectivity index (χ1) is 8.81. The lowest BCUT2D eigenvalue weighted by molar-refractivity contribution is 0.593. The van der Waals surface area contributed by atoms with Crippen molar-refractivity contribution in [2.45, 2.75) is 0 Å². The molecule has 0 unspecified atom stereocenters. The standard InChI is InChI=1S/C9H11N7O2S/c1-16-4-5(3-10)6-7(14-15-19(2,17)18)12-9(11)13-8(6)16/h4,15H,1-2H3,(H3,11,12,13,14).